The summed E-state index contributed by atoms with van der Waals surface area (Å²) in [6.07, 6.45) is 1.86. The Morgan fingerprint density at radius 2 is 2.00 bits per heavy atom. The SMILES string of the molecule is CC(=O)O.Clc1ccc2c(N3CCNCC3)ccnc2c1. The molecular weight excluding hydrogens is 290 g/mol. The number of carbonyl (C=O) groups is 1. The summed E-state index contributed by atoms with van der Waals surface area (Å²) in [6, 6.07) is 7.99. The highest BCUT2D eigenvalue weighted by atomic mass is 35.5. The molecule has 0 saturated carbocycles. The van der Waals surface area contributed by atoms with Crippen molar-refractivity contribution in [1.82, 2.24) is 10.3 Å². The molecule has 1 aliphatic rings. The Bertz CT molecular complexity index is 623. The third kappa shape index (κ3) is 4.31. The van der Waals surface area contributed by atoms with Gasteiger partial charge in [-0.2, -0.15) is 0 Å². The summed E-state index contributed by atoms with van der Waals surface area (Å²) in [5.41, 5.74) is 2.22. The summed E-state index contributed by atoms with van der Waals surface area (Å²) in [6.45, 7) is 5.25. The summed E-state index contributed by atoms with van der Waals surface area (Å²) >= 11 is 5.99. The number of carboxylic acid groups (broad SMARTS) is 1. The molecule has 0 amide bonds. The number of carboxylic acids is 1. The molecule has 1 fully saturated rings. The van der Waals surface area contributed by atoms with Crippen molar-refractivity contribution in [2.45, 2.75) is 6.92 Å². The number of pyridine rings is 1. The molecule has 0 aliphatic carbocycles. The molecule has 6 heteroatoms. The Hall–Kier alpha value is -1.85. The van der Waals surface area contributed by atoms with Crippen LogP contribution in [0.4, 0.5) is 5.69 Å². The Morgan fingerprint density at radius 3 is 2.67 bits per heavy atom. The molecule has 5 nitrogen and oxygen atoms in total. The van der Waals surface area contributed by atoms with Gasteiger partial charge in [-0.3, -0.25) is 9.78 Å². The van der Waals surface area contributed by atoms with Crippen LogP contribution in [0.5, 0.6) is 0 Å². The topological polar surface area (TPSA) is 65.5 Å². The quantitative estimate of drug-likeness (QED) is 0.847. The van der Waals surface area contributed by atoms with Crippen LogP contribution in [0.3, 0.4) is 0 Å². The van der Waals surface area contributed by atoms with Gasteiger partial charge >= 0.3 is 0 Å². The van der Waals surface area contributed by atoms with Gasteiger partial charge in [0, 0.05) is 55.4 Å². The van der Waals surface area contributed by atoms with Crippen molar-refractivity contribution in [3.63, 3.8) is 0 Å². The molecule has 1 saturated heterocycles. The van der Waals surface area contributed by atoms with Crippen molar-refractivity contribution in [2.24, 2.45) is 0 Å². The summed E-state index contributed by atoms with van der Waals surface area (Å²) in [5.74, 6) is -0.833. The number of fused-ring (bicyclic) bond motifs is 1. The first kappa shape index (κ1) is 15.5. The second-order valence-corrected chi connectivity index (χ2v) is 5.18. The van der Waals surface area contributed by atoms with Gasteiger partial charge in [0.2, 0.25) is 0 Å². The number of hydrogen-bond donors (Lipinski definition) is 2. The van der Waals surface area contributed by atoms with Crippen LogP contribution in [0.25, 0.3) is 10.9 Å². The van der Waals surface area contributed by atoms with Crippen LogP contribution in [0, 0.1) is 0 Å². The van der Waals surface area contributed by atoms with E-state index in [0.29, 0.717) is 0 Å². The maximum Gasteiger partial charge on any atom is 0.300 e. The fraction of sp³-hybridized carbons (Fsp3) is 0.333. The highest BCUT2D eigenvalue weighted by Gasteiger charge is 2.13. The van der Waals surface area contributed by atoms with E-state index in [1.807, 2.05) is 18.3 Å². The molecule has 0 bridgehead atoms. The van der Waals surface area contributed by atoms with Gasteiger partial charge in [-0.1, -0.05) is 11.6 Å². The van der Waals surface area contributed by atoms with Crippen LogP contribution in [0.1, 0.15) is 6.92 Å². The predicted molar refractivity (Wildman–Crippen MR) is 85.1 cm³/mol. The standard InChI is InChI=1S/C13H14ClN3.C2H4O2/c14-10-1-2-11-12(9-10)16-4-3-13(11)17-7-5-15-6-8-17;1-2(3)4/h1-4,9,15H,5-8H2;1H3,(H,3,4). The molecule has 2 N–H and O–H groups in total. The molecule has 0 spiro atoms. The Kier molecular flexibility index (Phi) is 5.36. The molecule has 3 rings (SSSR count). The third-order valence-corrected chi connectivity index (χ3v) is 3.37. The average molecular weight is 308 g/mol. The number of aliphatic carboxylic acids is 1. The maximum atomic E-state index is 9.00. The second kappa shape index (κ2) is 7.24. The van der Waals surface area contributed by atoms with E-state index in [9.17, 15) is 0 Å². The largest absolute Gasteiger partial charge is 0.481 e. The van der Waals surface area contributed by atoms with Crippen molar-refractivity contribution in [3.05, 3.63) is 35.5 Å². The summed E-state index contributed by atoms with van der Waals surface area (Å²) in [7, 11) is 0. The van der Waals surface area contributed by atoms with Crippen LogP contribution >= 0.6 is 11.6 Å². The number of nitrogens with one attached hydrogen (secondary N) is 1. The Morgan fingerprint density at radius 1 is 1.33 bits per heavy atom. The minimum absolute atomic E-state index is 0.738. The average Bonchev–Trinajstić information content (AvgIpc) is 2.46. The molecule has 112 valence electrons. The first-order chi connectivity index (χ1) is 10.1. The number of nitrogens with zero attached hydrogens (tertiary/aromatic N) is 2. The van der Waals surface area contributed by atoms with Gasteiger partial charge in [-0.25, -0.2) is 0 Å². The predicted octanol–water partition coefficient (Wildman–Crippen LogP) is 2.39. The lowest BCUT2D eigenvalue weighted by atomic mass is 10.1. The van der Waals surface area contributed by atoms with E-state index < -0.39 is 5.97 Å². The molecule has 1 aliphatic heterocycles. The minimum Gasteiger partial charge on any atom is -0.481 e. The van der Waals surface area contributed by atoms with Gasteiger partial charge < -0.3 is 15.3 Å². The number of anilines is 1. The molecule has 0 atom stereocenters. The van der Waals surface area contributed by atoms with Crippen LogP contribution < -0.4 is 10.2 Å². The summed E-state index contributed by atoms with van der Waals surface area (Å²) < 4.78 is 0. The first-order valence-electron chi connectivity index (χ1n) is 6.77. The van der Waals surface area contributed by atoms with Crippen LogP contribution in [0.2, 0.25) is 5.02 Å². The van der Waals surface area contributed by atoms with Crippen LogP contribution in [0.15, 0.2) is 30.5 Å². The lowest BCUT2D eigenvalue weighted by molar-refractivity contribution is -0.134. The molecular formula is C15H18ClN3O2. The number of halogens is 1. The van der Waals surface area contributed by atoms with Gasteiger partial charge in [-0.05, 0) is 24.3 Å². The molecule has 21 heavy (non-hydrogen) atoms. The van der Waals surface area contributed by atoms with E-state index in [4.69, 9.17) is 21.5 Å². The normalized spacial score (nSPS) is 14.5. The first-order valence-corrected chi connectivity index (χ1v) is 7.15. The van der Waals surface area contributed by atoms with E-state index in [1.54, 1.807) is 0 Å². The zero-order chi connectivity index (χ0) is 15.2. The number of benzene rings is 1. The van der Waals surface area contributed by atoms with E-state index in [-0.39, 0.29) is 0 Å². The summed E-state index contributed by atoms with van der Waals surface area (Å²) in [5, 5.41) is 12.7. The molecule has 2 heterocycles. The number of hydrogen-bond acceptors (Lipinski definition) is 4. The van der Waals surface area contributed by atoms with Crippen LogP contribution in [-0.2, 0) is 4.79 Å². The zero-order valence-electron chi connectivity index (χ0n) is 11.8. The van der Waals surface area contributed by atoms with Gasteiger partial charge in [0.1, 0.15) is 0 Å². The molecule has 1 aromatic carbocycles. The third-order valence-electron chi connectivity index (χ3n) is 3.14. The van der Waals surface area contributed by atoms with Crippen LogP contribution in [-0.4, -0.2) is 42.2 Å². The Labute approximate surface area is 128 Å². The van der Waals surface area contributed by atoms with E-state index in [0.717, 1.165) is 43.6 Å². The number of rotatable bonds is 1. The van der Waals surface area contributed by atoms with Gasteiger partial charge in [0.25, 0.3) is 5.97 Å². The molecule has 2 aromatic rings. The monoisotopic (exact) mass is 307 g/mol. The fourth-order valence-corrected chi connectivity index (χ4v) is 2.45. The zero-order valence-corrected chi connectivity index (χ0v) is 12.6. The van der Waals surface area contributed by atoms with E-state index in [2.05, 4.69) is 27.3 Å². The second-order valence-electron chi connectivity index (χ2n) is 4.75. The van der Waals surface area contributed by atoms with Crippen molar-refractivity contribution in [3.8, 4) is 0 Å². The number of piperazine rings is 1. The van der Waals surface area contributed by atoms with Gasteiger partial charge in [0.15, 0.2) is 0 Å². The minimum atomic E-state index is -0.833. The van der Waals surface area contributed by atoms with Gasteiger partial charge in [-0.15, -0.1) is 0 Å². The van der Waals surface area contributed by atoms with Gasteiger partial charge in [0.05, 0.1) is 5.52 Å². The smallest absolute Gasteiger partial charge is 0.300 e. The molecule has 1 aromatic heterocycles. The highest BCUT2D eigenvalue weighted by Crippen LogP contribution is 2.27. The molecule has 0 radical (unpaired) electrons. The van der Waals surface area contributed by atoms with Crippen molar-refractivity contribution in [2.75, 3.05) is 31.1 Å². The van der Waals surface area contributed by atoms with Crippen molar-refractivity contribution in [1.29, 1.82) is 0 Å². The number of aromatic nitrogens is 1. The maximum absolute atomic E-state index is 9.00. The van der Waals surface area contributed by atoms with Crippen molar-refractivity contribution >= 4 is 34.2 Å². The highest BCUT2D eigenvalue weighted by molar-refractivity contribution is 6.31. The van der Waals surface area contributed by atoms with E-state index >= 15 is 0 Å². The van der Waals surface area contributed by atoms with E-state index in [1.165, 1.54) is 11.1 Å². The van der Waals surface area contributed by atoms with Crippen molar-refractivity contribution < 1.29 is 9.90 Å². The lowest BCUT2D eigenvalue weighted by Gasteiger charge is -2.30. The lowest BCUT2D eigenvalue weighted by Crippen LogP contribution is -2.43. The Balaban J connectivity index is 0.000000361. The fourth-order valence-electron chi connectivity index (χ4n) is 2.29. The molecule has 0 unspecified atom stereocenters. The summed E-state index contributed by atoms with van der Waals surface area (Å²) in [4.78, 5) is 15.8.